The Kier molecular flexibility index (Phi) is 7.41. The standard InChI is InChI=1S/C24H28N2O5/c1-4-16(2)31-22(24(28)29)15-18-9-11-19(12-10-18)30-14-13-26-17(3)25-21-8-6-5-7-20(21)23(26)27/h5-12,16,22H,4,13-15H2,1-3H3,(H,28,29). The second kappa shape index (κ2) is 10.2. The summed E-state index contributed by atoms with van der Waals surface area (Å²) in [6.45, 7) is 6.33. The van der Waals surface area contributed by atoms with Gasteiger partial charge in [-0.2, -0.15) is 0 Å². The maximum absolute atomic E-state index is 12.7. The van der Waals surface area contributed by atoms with Crippen LogP contribution in [-0.4, -0.2) is 39.4 Å². The number of rotatable bonds is 10. The number of aromatic nitrogens is 2. The summed E-state index contributed by atoms with van der Waals surface area (Å²) < 4.78 is 13.0. The number of hydrogen-bond acceptors (Lipinski definition) is 5. The quantitative estimate of drug-likeness (QED) is 0.535. The molecule has 2 atom stereocenters. The lowest BCUT2D eigenvalue weighted by Crippen LogP contribution is -2.30. The summed E-state index contributed by atoms with van der Waals surface area (Å²) in [4.78, 5) is 28.6. The van der Waals surface area contributed by atoms with Crippen molar-refractivity contribution in [2.75, 3.05) is 6.61 Å². The van der Waals surface area contributed by atoms with Gasteiger partial charge < -0.3 is 14.6 Å². The number of carboxylic acids is 1. The van der Waals surface area contributed by atoms with Gasteiger partial charge in [-0.25, -0.2) is 9.78 Å². The van der Waals surface area contributed by atoms with Crippen molar-refractivity contribution < 1.29 is 19.4 Å². The summed E-state index contributed by atoms with van der Waals surface area (Å²) in [5.74, 6) is 0.326. The summed E-state index contributed by atoms with van der Waals surface area (Å²) >= 11 is 0. The van der Waals surface area contributed by atoms with E-state index in [9.17, 15) is 14.7 Å². The van der Waals surface area contributed by atoms with Crippen molar-refractivity contribution >= 4 is 16.9 Å². The lowest BCUT2D eigenvalue weighted by Gasteiger charge is -2.18. The van der Waals surface area contributed by atoms with Crippen molar-refractivity contribution in [3.8, 4) is 5.75 Å². The number of ether oxygens (including phenoxy) is 2. The van der Waals surface area contributed by atoms with E-state index in [0.29, 0.717) is 35.6 Å². The summed E-state index contributed by atoms with van der Waals surface area (Å²) in [6.07, 6.45) is 0.0560. The predicted molar refractivity (Wildman–Crippen MR) is 119 cm³/mol. The van der Waals surface area contributed by atoms with Crippen molar-refractivity contribution in [1.29, 1.82) is 0 Å². The fourth-order valence-electron chi connectivity index (χ4n) is 3.30. The highest BCUT2D eigenvalue weighted by Crippen LogP contribution is 2.16. The van der Waals surface area contributed by atoms with Crippen molar-refractivity contribution in [3.63, 3.8) is 0 Å². The molecule has 2 unspecified atom stereocenters. The molecule has 0 saturated heterocycles. The highest BCUT2D eigenvalue weighted by Gasteiger charge is 2.21. The summed E-state index contributed by atoms with van der Waals surface area (Å²) in [5, 5.41) is 9.97. The number of para-hydroxylation sites is 1. The zero-order valence-electron chi connectivity index (χ0n) is 18.1. The normalized spacial score (nSPS) is 13.1. The first-order valence-corrected chi connectivity index (χ1v) is 10.4. The molecule has 1 N–H and O–H groups in total. The molecule has 1 heterocycles. The zero-order valence-corrected chi connectivity index (χ0v) is 18.1. The van der Waals surface area contributed by atoms with Crippen LogP contribution in [0.4, 0.5) is 0 Å². The fourth-order valence-corrected chi connectivity index (χ4v) is 3.30. The van der Waals surface area contributed by atoms with Crippen LogP contribution in [0, 0.1) is 6.92 Å². The van der Waals surface area contributed by atoms with Crippen LogP contribution >= 0.6 is 0 Å². The minimum absolute atomic E-state index is 0.0805. The SMILES string of the molecule is CCC(C)OC(Cc1ccc(OCCn2c(C)nc3ccccc3c2=O)cc1)C(=O)O. The van der Waals surface area contributed by atoms with Crippen LogP contribution in [0.2, 0.25) is 0 Å². The van der Waals surface area contributed by atoms with E-state index in [-0.39, 0.29) is 18.1 Å². The van der Waals surface area contributed by atoms with Gasteiger partial charge in [-0.1, -0.05) is 31.2 Å². The van der Waals surface area contributed by atoms with E-state index in [1.807, 2.05) is 51.1 Å². The molecule has 164 valence electrons. The Hall–Kier alpha value is -3.19. The van der Waals surface area contributed by atoms with Crippen LogP contribution < -0.4 is 10.3 Å². The number of hydrogen-bond donors (Lipinski definition) is 1. The van der Waals surface area contributed by atoms with E-state index >= 15 is 0 Å². The van der Waals surface area contributed by atoms with Gasteiger partial charge in [-0.3, -0.25) is 9.36 Å². The van der Waals surface area contributed by atoms with Gasteiger partial charge in [0.05, 0.1) is 23.6 Å². The Morgan fingerprint density at radius 2 is 1.87 bits per heavy atom. The van der Waals surface area contributed by atoms with Gasteiger partial charge in [0.1, 0.15) is 18.2 Å². The third-order valence-corrected chi connectivity index (χ3v) is 5.23. The molecule has 0 fully saturated rings. The molecule has 2 aromatic carbocycles. The second-order valence-electron chi connectivity index (χ2n) is 7.51. The number of aliphatic carboxylic acids is 1. The van der Waals surface area contributed by atoms with E-state index in [2.05, 4.69) is 4.98 Å². The molecule has 3 rings (SSSR count). The third-order valence-electron chi connectivity index (χ3n) is 5.23. The van der Waals surface area contributed by atoms with Gasteiger partial charge in [-0.15, -0.1) is 0 Å². The highest BCUT2D eigenvalue weighted by atomic mass is 16.5. The molecule has 0 bridgehead atoms. The Morgan fingerprint density at radius 1 is 1.16 bits per heavy atom. The molecule has 0 aliphatic heterocycles. The van der Waals surface area contributed by atoms with E-state index < -0.39 is 12.1 Å². The Labute approximate surface area is 181 Å². The smallest absolute Gasteiger partial charge is 0.333 e. The first-order chi connectivity index (χ1) is 14.9. The number of carbonyl (C=O) groups is 1. The topological polar surface area (TPSA) is 90.7 Å². The van der Waals surface area contributed by atoms with Crippen LogP contribution in [0.25, 0.3) is 10.9 Å². The van der Waals surface area contributed by atoms with Gasteiger partial charge in [0.25, 0.3) is 5.56 Å². The Morgan fingerprint density at radius 3 is 2.55 bits per heavy atom. The fraction of sp³-hybridized carbons (Fsp3) is 0.375. The summed E-state index contributed by atoms with van der Waals surface area (Å²) in [6, 6.07) is 14.6. The molecule has 7 nitrogen and oxygen atoms in total. The number of fused-ring (bicyclic) bond motifs is 1. The van der Waals surface area contributed by atoms with E-state index in [1.165, 1.54) is 0 Å². The lowest BCUT2D eigenvalue weighted by molar-refractivity contribution is -0.153. The molecular formula is C24H28N2O5. The molecular weight excluding hydrogens is 396 g/mol. The van der Waals surface area contributed by atoms with Gasteiger partial charge in [-0.05, 0) is 50.1 Å². The number of benzene rings is 2. The maximum Gasteiger partial charge on any atom is 0.333 e. The Balaban J connectivity index is 1.60. The zero-order chi connectivity index (χ0) is 22.4. The maximum atomic E-state index is 12.7. The van der Waals surface area contributed by atoms with E-state index in [0.717, 1.165) is 12.0 Å². The van der Waals surface area contributed by atoms with Crippen molar-refractivity contribution in [2.45, 2.75) is 52.4 Å². The molecule has 31 heavy (non-hydrogen) atoms. The van der Waals surface area contributed by atoms with Gasteiger partial charge in [0.2, 0.25) is 0 Å². The van der Waals surface area contributed by atoms with Gasteiger partial charge in [0, 0.05) is 6.42 Å². The second-order valence-corrected chi connectivity index (χ2v) is 7.51. The molecule has 7 heteroatoms. The van der Waals surface area contributed by atoms with Crippen molar-refractivity contribution in [1.82, 2.24) is 9.55 Å². The van der Waals surface area contributed by atoms with Crippen LogP contribution in [0.1, 0.15) is 31.7 Å². The predicted octanol–water partition coefficient (Wildman–Crippen LogP) is 3.59. The average Bonchev–Trinajstić information content (AvgIpc) is 2.76. The van der Waals surface area contributed by atoms with Crippen molar-refractivity contribution in [3.05, 3.63) is 70.3 Å². The lowest BCUT2D eigenvalue weighted by atomic mass is 10.1. The molecule has 0 amide bonds. The van der Waals surface area contributed by atoms with Gasteiger partial charge >= 0.3 is 5.97 Å². The van der Waals surface area contributed by atoms with Crippen LogP contribution in [0.3, 0.4) is 0 Å². The van der Waals surface area contributed by atoms with Crippen LogP contribution in [0.15, 0.2) is 53.3 Å². The number of nitrogens with zero attached hydrogens (tertiary/aromatic N) is 2. The van der Waals surface area contributed by atoms with Gasteiger partial charge in [0.15, 0.2) is 6.10 Å². The molecule has 0 radical (unpaired) electrons. The van der Waals surface area contributed by atoms with Crippen LogP contribution in [-0.2, 0) is 22.5 Å². The summed E-state index contributed by atoms with van der Waals surface area (Å²) in [7, 11) is 0. The van der Waals surface area contributed by atoms with Crippen LogP contribution in [0.5, 0.6) is 5.75 Å². The van der Waals surface area contributed by atoms with E-state index in [1.54, 1.807) is 22.8 Å². The summed E-state index contributed by atoms with van der Waals surface area (Å²) in [5.41, 5.74) is 1.46. The molecule has 1 aromatic heterocycles. The first-order valence-electron chi connectivity index (χ1n) is 10.4. The van der Waals surface area contributed by atoms with Crippen molar-refractivity contribution in [2.24, 2.45) is 0 Å². The van der Waals surface area contributed by atoms with E-state index in [4.69, 9.17) is 9.47 Å². The highest BCUT2D eigenvalue weighted by molar-refractivity contribution is 5.77. The molecule has 3 aromatic rings. The Bertz CT molecular complexity index is 1090. The molecule has 0 saturated carbocycles. The minimum atomic E-state index is -0.967. The molecule has 0 aliphatic carbocycles. The monoisotopic (exact) mass is 424 g/mol. The third kappa shape index (κ3) is 5.70. The molecule has 0 spiro atoms. The molecule has 0 aliphatic rings. The first kappa shape index (κ1) is 22.5. The number of aryl methyl sites for hydroxylation is 1. The largest absolute Gasteiger partial charge is 0.492 e. The number of carboxylic acid groups (broad SMARTS) is 1. The minimum Gasteiger partial charge on any atom is -0.492 e. The average molecular weight is 424 g/mol.